The van der Waals surface area contributed by atoms with Gasteiger partial charge in [-0.2, -0.15) is 0 Å². The van der Waals surface area contributed by atoms with Gasteiger partial charge in [-0.25, -0.2) is 4.79 Å². The van der Waals surface area contributed by atoms with Crippen molar-refractivity contribution in [1.82, 2.24) is 0 Å². The fourth-order valence-electron chi connectivity index (χ4n) is 1.53. The number of thiophene rings is 1. The molecule has 1 aromatic rings. The molecular formula is C12H17NO2S. The number of hydrogen-bond donors (Lipinski definition) is 1. The average Bonchev–Trinajstić information content (AvgIpc) is 2.85. The first-order chi connectivity index (χ1) is 7.46. The summed E-state index contributed by atoms with van der Waals surface area (Å²) in [5.41, 5.74) is 1.73. The third-order valence-corrected chi connectivity index (χ3v) is 3.11. The summed E-state index contributed by atoms with van der Waals surface area (Å²) in [5.74, 6) is 0.649. The molecule has 1 aromatic heterocycles. The highest BCUT2D eigenvalue weighted by atomic mass is 32.1. The monoisotopic (exact) mass is 239 g/mol. The molecule has 1 aliphatic carbocycles. The Labute approximate surface area is 99.8 Å². The van der Waals surface area contributed by atoms with Crippen LogP contribution in [0.1, 0.15) is 45.1 Å². The molecule has 3 nitrogen and oxygen atoms in total. The number of rotatable bonds is 2. The molecule has 1 amide bonds. The minimum atomic E-state index is -0.445. The Kier molecular flexibility index (Phi) is 2.93. The molecule has 0 spiro atoms. The lowest BCUT2D eigenvalue weighted by atomic mass is 10.2. The molecule has 16 heavy (non-hydrogen) atoms. The second kappa shape index (κ2) is 4.09. The molecule has 1 saturated carbocycles. The molecule has 0 saturated heterocycles. The molecule has 1 N–H and O–H groups in total. The van der Waals surface area contributed by atoms with Gasteiger partial charge in [-0.05, 0) is 50.5 Å². The molecule has 0 radical (unpaired) electrons. The van der Waals surface area contributed by atoms with Crippen LogP contribution in [0.2, 0.25) is 0 Å². The van der Waals surface area contributed by atoms with E-state index in [1.807, 2.05) is 26.2 Å². The van der Waals surface area contributed by atoms with Gasteiger partial charge in [-0.1, -0.05) is 0 Å². The quantitative estimate of drug-likeness (QED) is 0.848. The van der Waals surface area contributed by atoms with E-state index >= 15 is 0 Å². The molecule has 0 aromatic carbocycles. The first-order valence-electron chi connectivity index (χ1n) is 5.52. The van der Waals surface area contributed by atoms with E-state index in [4.69, 9.17) is 4.74 Å². The van der Waals surface area contributed by atoms with E-state index in [0.29, 0.717) is 5.92 Å². The molecule has 4 heteroatoms. The number of carbonyl (C=O) groups is 1. The van der Waals surface area contributed by atoms with Gasteiger partial charge in [0.05, 0.1) is 5.69 Å². The van der Waals surface area contributed by atoms with Crippen LogP contribution in [0.5, 0.6) is 0 Å². The van der Waals surface area contributed by atoms with Crippen LogP contribution in [0.3, 0.4) is 0 Å². The third-order valence-electron chi connectivity index (χ3n) is 2.34. The zero-order valence-electron chi connectivity index (χ0n) is 9.87. The Bertz CT molecular complexity index is 388. The van der Waals surface area contributed by atoms with Crippen molar-refractivity contribution in [3.8, 4) is 0 Å². The number of ether oxygens (including phenoxy) is 1. The van der Waals surface area contributed by atoms with Crippen LogP contribution >= 0.6 is 11.3 Å². The Morgan fingerprint density at radius 1 is 1.44 bits per heavy atom. The smallest absolute Gasteiger partial charge is 0.412 e. The molecule has 0 atom stereocenters. The van der Waals surface area contributed by atoms with E-state index in [9.17, 15) is 4.79 Å². The zero-order valence-corrected chi connectivity index (χ0v) is 10.7. The van der Waals surface area contributed by atoms with Crippen molar-refractivity contribution in [3.05, 3.63) is 16.3 Å². The Morgan fingerprint density at radius 3 is 2.69 bits per heavy atom. The zero-order chi connectivity index (χ0) is 11.8. The standard InChI is InChI=1S/C12H17NO2S/c1-12(2,3)15-11(14)13-10-7-16-6-9(10)8-4-5-8/h6-8H,4-5H2,1-3H3,(H,13,14). The van der Waals surface area contributed by atoms with Gasteiger partial charge in [0.1, 0.15) is 5.60 Å². The van der Waals surface area contributed by atoms with Crippen LogP contribution in [0.25, 0.3) is 0 Å². The van der Waals surface area contributed by atoms with Crippen LogP contribution < -0.4 is 5.32 Å². The van der Waals surface area contributed by atoms with E-state index in [1.165, 1.54) is 18.4 Å². The molecule has 0 bridgehead atoms. The minimum Gasteiger partial charge on any atom is -0.444 e. The van der Waals surface area contributed by atoms with Crippen LogP contribution in [-0.4, -0.2) is 11.7 Å². The number of hydrogen-bond acceptors (Lipinski definition) is 3. The fraction of sp³-hybridized carbons (Fsp3) is 0.583. The molecule has 1 fully saturated rings. The van der Waals surface area contributed by atoms with Crippen LogP contribution in [0.15, 0.2) is 10.8 Å². The van der Waals surface area contributed by atoms with E-state index in [1.54, 1.807) is 11.3 Å². The number of amides is 1. The van der Waals surface area contributed by atoms with Crippen molar-refractivity contribution in [2.45, 2.75) is 45.1 Å². The summed E-state index contributed by atoms with van der Waals surface area (Å²) >= 11 is 1.62. The molecule has 1 aliphatic rings. The Balaban J connectivity index is 1.98. The summed E-state index contributed by atoms with van der Waals surface area (Å²) < 4.78 is 5.22. The summed E-state index contributed by atoms with van der Waals surface area (Å²) in [6.45, 7) is 5.59. The maximum Gasteiger partial charge on any atom is 0.412 e. The maximum atomic E-state index is 11.6. The van der Waals surface area contributed by atoms with E-state index in [-0.39, 0.29) is 6.09 Å². The maximum absolute atomic E-state index is 11.6. The summed E-state index contributed by atoms with van der Waals surface area (Å²) in [5, 5.41) is 6.90. The molecule has 0 unspecified atom stereocenters. The van der Waals surface area contributed by atoms with E-state index in [0.717, 1.165) is 5.69 Å². The SMILES string of the molecule is CC(C)(C)OC(=O)Nc1cscc1C1CC1. The Morgan fingerprint density at radius 2 is 2.12 bits per heavy atom. The molecule has 2 rings (SSSR count). The van der Waals surface area contributed by atoms with Crippen molar-refractivity contribution in [2.24, 2.45) is 0 Å². The summed E-state index contributed by atoms with van der Waals surface area (Å²) in [7, 11) is 0. The second-order valence-corrected chi connectivity index (χ2v) is 5.89. The van der Waals surface area contributed by atoms with Crippen LogP contribution in [0, 0.1) is 0 Å². The highest BCUT2D eigenvalue weighted by molar-refractivity contribution is 7.08. The lowest BCUT2D eigenvalue weighted by molar-refractivity contribution is 0.0636. The van der Waals surface area contributed by atoms with Gasteiger partial charge >= 0.3 is 6.09 Å². The number of anilines is 1. The van der Waals surface area contributed by atoms with Gasteiger partial charge < -0.3 is 4.74 Å². The highest BCUT2D eigenvalue weighted by Crippen LogP contribution is 2.44. The molecular weight excluding hydrogens is 222 g/mol. The lowest BCUT2D eigenvalue weighted by Gasteiger charge is -2.19. The summed E-state index contributed by atoms with van der Waals surface area (Å²) in [6, 6.07) is 0. The first kappa shape index (κ1) is 11.5. The molecule has 0 aliphatic heterocycles. The molecule has 1 heterocycles. The third kappa shape index (κ3) is 2.98. The number of nitrogens with one attached hydrogen (secondary N) is 1. The lowest BCUT2D eigenvalue weighted by Crippen LogP contribution is -2.27. The highest BCUT2D eigenvalue weighted by Gasteiger charge is 2.27. The summed E-state index contributed by atoms with van der Waals surface area (Å²) in [4.78, 5) is 11.6. The fourth-order valence-corrected chi connectivity index (χ4v) is 2.40. The van der Waals surface area contributed by atoms with Crippen molar-refractivity contribution in [3.63, 3.8) is 0 Å². The van der Waals surface area contributed by atoms with Gasteiger partial charge in [0.15, 0.2) is 0 Å². The second-order valence-electron chi connectivity index (χ2n) is 5.14. The topological polar surface area (TPSA) is 38.3 Å². The van der Waals surface area contributed by atoms with Gasteiger partial charge in [-0.3, -0.25) is 5.32 Å². The van der Waals surface area contributed by atoms with Crippen LogP contribution in [-0.2, 0) is 4.74 Å². The largest absolute Gasteiger partial charge is 0.444 e. The minimum absolute atomic E-state index is 0.368. The van der Waals surface area contributed by atoms with Gasteiger partial charge in [0, 0.05) is 5.38 Å². The normalized spacial score (nSPS) is 15.9. The predicted octanol–water partition coefficient (Wildman–Crippen LogP) is 3.97. The first-order valence-corrected chi connectivity index (χ1v) is 6.46. The van der Waals surface area contributed by atoms with E-state index in [2.05, 4.69) is 10.7 Å². The van der Waals surface area contributed by atoms with E-state index < -0.39 is 5.60 Å². The van der Waals surface area contributed by atoms with Gasteiger partial charge in [-0.15, -0.1) is 11.3 Å². The summed E-state index contributed by atoms with van der Waals surface area (Å²) in [6.07, 6.45) is 2.10. The van der Waals surface area contributed by atoms with Crippen molar-refractivity contribution >= 4 is 23.1 Å². The molecule has 88 valence electrons. The predicted molar refractivity (Wildman–Crippen MR) is 66.2 cm³/mol. The van der Waals surface area contributed by atoms with Crippen molar-refractivity contribution in [1.29, 1.82) is 0 Å². The number of carbonyl (C=O) groups excluding carboxylic acids is 1. The van der Waals surface area contributed by atoms with Crippen molar-refractivity contribution in [2.75, 3.05) is 5.32 Å². The van der Waals surface area contributed by atoms with Crippen molar-refractivity contribution < 1.29 is 9.53 Å². The van der Waals surface area contributed by atoms with Gasteiger partial charge in [0.2, 0.25) is 0 Å². The van der Waals surface area contributed by atoms with Crippen LogP contribution in [0.4, 0.5) is 10.5 Å². The Hall–Kier alpha value is -1.03. The van der Waals surface area contributed by atoms with Gasteiger partial charge in [0.25, 0.3) is 0 Å². The average molecular weight is 239 g/mol.